The maximum absolute atomic E-state index is 12.8. The van der Waals surface area contributed by atoms with Crippen LogP contribution in [0.25, 0.3) is 0 Å². The third-order valence-electron chi connectivity index (χ3n) is 4.73. The lowest BCUT2D eigenvalue weighted by atomic mass is 10.1. The summed E-state index contributed by atoms with van der Waals surface area (Å²) in [5.74, 6) is 0. The highest BCUT2D eigenvalue weighted by Crippen LogP contribution is 2.26. The quantitative estimate of drug-likeness (QED) is 0.728. The van der Waals surface area contributed by atoms with Crippen molar-refractivity contribution in [2.45, 2.75) is 30.0 Å². The van der Waals surface area contributed by atoms with Crippen LogP contribution in [-0.2, 0) is 9.84 Å². The lowest BCUT2D eigenvalue weighted by Gasteiger charge is -2.23. The Hall–Kier alpha value is -1.89. The van der Waals surface area contributed by atoms with Crippen LogP contribution in [0.4, 0.5) is 5.69 Å². The van der Waals surface area contributed by atoms with Gasteiger partial charge in [0.25, 0.3) is 0 Å². The topological polar surface area (TPSA) is 53.0 Å². The lowest BCUT2D eigenvalue weighted by Crippen LogP contribution is -2.35. The van der Waals surface area contributed by atoms with E-state index >= 15 is 0 Å². The number of hydrazone groups is 1. The van der Waals surface area contributed by atoms with E-state index in [0.717, 1.165) is 29.9 Å². The van der Waals surface area contributed by atoms with Gasteiger partial charge in [0, 0.05) is 18.0 Å². The first-order valence-corrected chi connectivity index (χ1v) is 10.9. The monoisotopic (exact) mass is 405 g/mol. The van der Waals surface area contributed by atoms with Gasteiger partial charge in [-0.2, -0.15) is 5.10 Å². The average molecular weight is 406 g/mol. The van der Waals surface area contributed by atoms with Crippen molar-refractivity contribution in [3.05, 3.63) is 59.1 Å². The molecule has 1 atom stereocenters. The van der Waals surface area contributed by atoms with E-state index in [4.69, 9.17) is 11.6 Å². The van der Waals surface area contributed by atoms with Crippen LogP contribution in [0.15, 0.2) is 58.5 Å². The van der Waals surface area contributed by atoms with E-state index in [9.17, 15) is 8.42 Å². The minimum absolute atomic E-state index is 0.341. The van der Waals surface area contributed by atoms with Gasteiger partial charge in [0.05, 0.1) is 16.3 Å². The van der Waals surface area contributed by atoms with Crippen molar-refractivity contribution in [2.24, 2.45) is 5.10 Å². The normalized spacial score (nSPS) is 15.9. The number of anilines is 1. The van der Waals surface area contributed by atoms with Gasteiger partial charge in [-0.05, 0) is 62.5 Å². The van der Waals surface area contributed by atoms with Crippen LogP contribution >= 0.6 is 11.6 Å². The van der Waals surface area contributed by atoms with E-state index in [2.05, 4.69) is 5.10 Å². The zero-order chi connectivity index (χ0) is 19.6. The summed E-state index contributed by atoms with van der Waals surface area (Å²) in [7, 11) is 0.189. The molecule has 0 aliphatic carbocycles. The molecule has 0 bridgehead atoms. The molecule has 1 aliphatic rings. The minimum atomic E-state index is -3.39. The van der Waals surface area contributed by atoms with Crippen LogP contribution in [0, 0.1) is 0 Å². The van der Waals surface area contributed by atoms with Gasteiger partial charge in [0.15, 0.2) is 9.84 Å². The third-order valence-corrected chi connectivity index (χ3v) is 7.38. The molecule has 2 aromatic rings. The fourth-order valence-corrected chi connectivity index (χ4v) is 5.27. The second-order valence-corrected chi connectivity index (χ2v) is 9.33. The molecule has 0 aromatic heterocycles. The largest absolute Gasteiger partial charge is 0.293 e. The van der Waals surface area contributed by atoms with Gasteiger partial charge in [-0.3, -0.25) is 9.91 Å². The Labute approximate surface area is 166 Å². The van der Waals surface area contributed by atoms with Crippen molar-refractivity contribution in [3.63, 3.8) is 0 Å². The summed E-state index contributed by atoms with van der Waals surface area (Å²) in [4.78, 5) is 2.08. The Balaban J connectivity index is 1.81. The molecule has 1 unspecified atom stereocenters. The summed E-state index contributed by atoms with van der Waals surface area (Å²) in [6.45, 7) is 2.65. The second-order valence-electron chi connectivity index (χ2n) is 6.79. The Morgan fingerprint density at radius 1 is 1.11 bits per heavy atom. The average Bonchev–Trinajstić information content (AvgIpc) is 3.12. The predicted molar refractivity (Wildman–Crippen MR) is 111 cm³/mol. The van der Waals surface area contributed by atoms with Crippen molar-refractivity contribution in [1.82, 2.24) is 4.90 Å². The lowest BCUT2D eigenvalue weighted by molar-refractivity contribution is 0.356. The molecule has 2 aromatic carbocycles. The van der Waals surface area contributed by atoms with Gasteiger partial charge in [-0.1, -0.05) is 30.7 Å². The maximum atomic E-state index is 12.8. The first-order chi connectivity index (χ1) is 12.8. The Bertz CT molecular complexity index is 923. The second kappa shape index (κ2) is 8.00. The van der Waals surface area contributed by atoms with Crippen molar-refractivity contribution in [1.29, 1.82) is 0 Å². The zero-order valence-corrected chi connectivity index (χ0v) is 17.3. The minimum Gasteiger partial charge on any atom is -0.293 e. The van der Waals surface area contributed by atoms with E-state index < -0.39 is 15.2 Å². The number of halogens is 1. The van der Waals surface area contributed by atoms with Gasteiger partial charge in [0.2, 0.25) is 0 Å². The molecule has 0 N–H and O–H groups in total. The molecule has 144 valence electrons. The summed E-state index contributed by atoms with van der Waals surface area (Å²) in [5, 5.41) is 6.76. The van der Waals surface area contributed by atoms with Crippen LogP contribution < -0.4 is 5.01 Å². The SMILES string of the molecule is CCC(N(C)C)S(=O)(=O)c1ccc(N2CCC(c3ccc(Cl)cc3)=N2)cc1. The fraction of sp³-hybridized carbons (Fsp3) is 0.350. The molecule has 0 saturated heterocycles. The van der Waals surface area contributed by atoms with Gasteiger partial charge in [0.1, 0.15) is 5.37 Å². The molecular formula is C20H24ClN3O2S. The highest BCUT2D eigenvalue weighted by Gasteiger charge is 2.28. The summed E-state index contributed by atoms with van der Waals surface area (Å²) in [5.41, 5.74) is 2.94. The first-order valence-electron chi connectivity index (χ1n) is 8.94. The van der Waals surface area contributed by atoms with E-state index in [1.807, 2.05) is 48.3 Å². The number of nitrogens with zero attached hydrogens (tertiary/aromatic N) is 3. The summed E-state index contributed by atoms with van der Waals surface area (Å²) >= 11 is 5.94. The molecule has 1 heterocycles. The molecule has 1 aliphatic heterocycles. The highest BCUT2D eigenvalue weighted by atomic mass is 35.5. The van der Waals surface area contributed by atoms with E-state index in [0.29, 0.717) is 16.3 Å². The zero-order valence-electron chi connectivity index (χ0n) is 15.8. The fourth-order valence-electron chi connectivity index (χ4n) is 3.32. The number of hydrogen-bond acceptors (Lipinski definition) is 5. The van der Waals surface area contributed by atoms with Crippen LogP contribution in [-0.4, -0.2) is 45.0 Å². The van der Waals surface area contributed by atoms with Crippen LogP contribution in [0.2, 0.25) is 5.02 Å². The van der Waals surface area contributed by atoms with Crippen LogP contribution in [0.1, 0.15) is 25.3 Å². The molecule has 0 spiro atoms. The molecule has 7 heteroatoms. The van der Waals surface area contributed by atoms with Gasteiger partial charge >= 0.3 is 0 Å². The number of sulfone groups is 1. The number of rotatable bonds is 6. The van der Waals surface area contributed by atoms with Crippen molar-refractivity contribution in [2.75, 3.05) is 25.6 Å². The maximum Gasteiger partial charge on any atom is 0.194 e. The van der Waals surface area contributed by atoms with Crippen molar-refractivity contribution < 1.29 is 8.42 Å². The summed E-state index contributed by atoms with van der Waals surface area (Å²) < 4.78 is 25.6. The van der Waals surface area contributed by atoms with Gasteiger partial charge in [-0.15, -0.1) is 0 Å². The molecule has 27 heavy (non-hydrogen) atoms. The number of hydrogen-bond donors (Lipinski definition) is 0. The van der Waals surface area contributed by atoms with Gasteiger partial charge in [-0.25, -0.2) is 8.42 Å². The standard InChI is InChI=1S/C20H24ClN3O2S/c1-4-20(23(2)3)27(25,26)18-11-9-17(10-12-18)24-14-13-19(22-24)15-5-7-16(21)8-6-15/h5-12,20H,4,13-14H2,1-3H3. The Kier molecular flexibility index (Phi) is 5.89. The molecule has 0 radical (unpaired) electrons. The van der Waals surface area contributed by atoms with E-state index in [1.54, 1.807) is 31.1 Å². The van der Waals surface area contributed by atoms with Crippen molar-refractivity contribution in [3.8, 4) is 0 Å². The summed E-state index contributed by atoms with van der Waals surface area (Å²) in [6, 6.07) is 14.6. The predicted octanol–water partition coefficient (Wildman–Crippen LogP) is 4.03. The smallest absolute Gasteiger partial charge is 0.194 e. The van der Waals surface area contributed by atoms with Crippen LogP contribution in [0.5, 0.6) is 0 Å². The van der Waals surface area contributed by atoms with E-state index in [1.165, 1.54) is 0 Å². The van der Waals surface area contributed by atoms with E-state index in [-0.39, 0.29) is 0 Å². The Morgan fingerprint density at radius 3 is 2.30 bits per heavy atom. The molecular weight excluding hydrogens is 382 g/mol. The highest BCUT2D eigenvalue weighted by molar-refractivity contribution is 7.92. The Morgan fingerprint density at radius 2 is 1.74 bits per heavy atom. The molecule has 5 nitrogen and oxygen atoms in total. The molecule has 3 rings (SSSR count). The molecule has 0 fully saturated rings. The van der Waals surface area contributed by atoms with Crippen LogP contribution in [0.3, 0.4) is 0 Å². The van der Waals surface area contributed by atoms with Gasteiger partial charge < -0.3 is 0 Å². The molecule has 0 saturated carbocycles. The summed E-state index contributed by atoms with van der Waals surface area (Å²) in [6.07, 6.45) is 1.37. The number of benzene rings is 2. The first kappa shape index (κ1) is 19.9. The molecule has 0 amide bonds. The van der Waals surface area contributed by atoms with Crippen molar-refractivity contribution >= 4 is 32.8 Å². The third kappa shape index (κ3) is 4.18.